The summed E-state index contributed by atoms with van der Waals surface area (Å²) in [6.45, 7) is 1.37. The molecular formula is C14H21N5O. The predicted molar refractivity (Wildman–Crippen MR) is 78.9 cm³/mol. The van der Waals surface area contributed by atoms with E-state index in [1.165, 1.54) is 0 Å². The van der Waals surface area contributed by atoms with E-state index in [2.05, 4.69) is 15.5 Å². The van der Waals surface area contributed by atoms with E-state index in [1.807, 2.05) is 24.3 Å². The SMILES string of the molecule is COCC(CCCN)Nc1ccc(-n2nccn2)cc1. The Labute approximate surface area is 118 Å². The summed E-state index contributed by atoms with van der Waals surface area (Å²) < 4.78 is 5.23. The molecule has 0 aliphatic heterocycles. The van der Waals surface area contributed by atoms with Crippen molar-refractivity contribution in [1.82, 2.24) is 15.0 Å². The highest BCUT2D eigenvalue weighted by Gasteiger charge is 2.08. The first kappa shape index (κ1) is 14.5. The van der Waals surface area contributed by atoms with Gasteiger partial charge in [0.05, 0.1) is 24.7 Å². The Morgan fingerprint density at radius 1 is 1.25 bits per heavy atom. The lowest BCUT2D eigenvalue weighted by Gasteiger charge is -2.19. The quantitative estimate of drug-likeness (QED) is 0.762. The van der Waals surface area contributed by atoms with Crippen LogP contribution in [0, 0.1) is 0 Å². The van der Waals surface area contributed by atoms with Crippen LogP contribution in [0.1, 0.15) is 12.8 Å². The minimum absolute atomic E-state index is 0.275. The summed E-state index contributed by atoms with van der Waals surface area (Å²) in [4.78, 5) is 1.59. The van der Waals surface area contributed by atoms with Gasteiger partial charge in [-0.05, 0) is 43.7 Å². The fourth-order valence-electron chi connectivity index (χ4n) is 2.04. The molecule has 1 unspecified atom stereocenters. The molecule has 1 heterocycles. The highest BCUT2D eigenvalue weighted by Crippen LogP contribution is 2.14. The normalized spacial score (nSPS) is 12.3. The van der Waals surface area contributed by atoms with Crippen LogP contribution in [0.4, 0.5) is 5.69 Å². The Hall–Kier alpha value is -1.92. The molecule has 0 radical (unpaired) electrons. The Balaban J connectivity index is 1.98. The van der Waals surface area contributed by atoms with Crippen molar-refractivity contribution in [2.24, 2.45) is 5.73 Å². The van der Waals surface area contributed by atoms with Crippen LogP contribution in [0.3, 0.4) is 0 Å². The molecule has 2 aromatic rings. The maximum atomic E-state index is 5.56. The van der Waals surface area contributed by atoms with E-state index in [9.17, 15) is 0 Å². The van der Waals surface area contributed by atoms with Gasteiger partial charge in [0.2, 0.25) is 0 Å². The summed E-state index contributed by atoms with van der Waals surface area (Å²) in [5, 5.41) is 11.7. The number of nitrogens with zero attached hydrogens (tertiary/aromatic N) is 3. The molecule has 3 N–H and O–H groups in total. The van der Waals surface area contributed by atoms with Gasteiger partial charge in [0.1, 0.15) is 0 Å². The molecule has 0 aliphatic rings. The third kappa shape index (κ3) is 4.04. The zero-order valence-corrected chi connectivity index (χ0v) is 11.7. The van der Waals surface area contributed by atoms with Gasteiger partial charge in [-0.15, -0.1) is 0 Å². The molecule has 108 valence electrons. The molecule has 0 saturated heterocycles. The van der Waals surface area contributed by atoms with Crippen LogP contribution in [0.15, 0.2) is 36.7 Å². The highest BCUT2D eigenvalue weighted by atomic mass is 16.5. The first-order chi connectivity index (χ1) is 9.83. The molecule has 0 aliphatic carbocycles. The number of methoxy groups -OCH3 is 1. The zero-order valence-electron chi connectivity index (χ0n) is 11.7. The first-order valence-corrected chi connectivity index (χ1v) is 6.76. The van der Waals surface area contributed by atoms with Gasteiger partial charge in [-0.3, -0.25) is 0 Å². The average molecular weight is 275 g/mol. The lowest BCUT2D eigenvalue weighted by molar-refractivity contribution is 0.182. The molecule has 0 saturated carbocycles. The van der Waals surface area contributed by atoms with Crippen molar-refractivity contribution in [3.8, 4) is 5.69 Å². The van der Waals surface area contributed by atoms with Gasteiger partial charge in [0.25, 0.3) is 0 Å². The third-order valence-electron chi connectivity index (χ3n) is 3.01. The number of rotatable bonds is 8. The van der Waals surface area contributed by atoms with Gasteiger partial charge in [-0.2, -0.15) is 15.0 Å². The largest absolute Gasteiger partial charge is 0.383 e. The average Bonchev–Trinajstić information content (AvgIpc) is 3.00. The van der Waals surface area contributed by atoms with Crippen molar-refractivity contribution in [3.05, 3.63) is 36.7 Å². The second-order valence-electron chi connectivity index (χ2n) is 4.59. The maximum absolute atomic E-state index is 5.56. The van der Waals surface area contributed by atoms with Gasteiger partial charge in [-0.1, -0.05) is 0 Å². The first-order valence-electron chi connectivity index (χ1n) is 6.76. The van der Waals surface area contributed by atoms with Crippen molar-refractivity contribution in [2.75, 3.05) is 25.6 Å². The number of aromatic nitrogens is 3. The maximum Gasteiger partial charge on any atom is 0.0858 e. The second-order valence-corrected chi connectivity index (χ2v) is 4.59. The van der Waals surface area contributed by atoms with Crippen LogP contribution in [0.2, 0.25) is 0 Å². The van der Waals surface area contributed by atoms with Crippen LogP contribution < -0.4 is 11.1 Å². The second kappa shape index (κ2) is 7.62. The van der Waals surface area contributed by atoms with Crippen LogP contribution in [-0.4, -0.2) is 41.3 Å². The van der Waals surface area contributed by atoms with E-state index in [4.69, 9.17) is 10.5 Å². The number of nitrogens with one attached hydrogen (secondary N) is 1. The summed E-state index contributed by atoms with van der Waals surface area (Å²) in [5.74, 6) is 0. The molecule has 0 fully saturated rings. The lowest BCUT2D eigenvalue weighted by Crippen LogP contribution is -2.25. The molecule has 2 rings (SSSR count). The van der Waals surface area contributed by atoms with Crippen LogP contribution >= 0.6 is 0 Å². The number of nitrogens with two attached hydrogens (primary N) is 1. The van der Waals surface area contributed by atoms with E-state index < -0.39 is 0 Å². The van der Waals surface area contributed by atoms with Crippen molar-refractivity contribution in [1.29, 1.82) is 0 Å². The fraction of sp³-hybridized carbons (Fsp3) is 0.429. The van der Waals surface area contributed by atoms with Crippen LogP contribution in [0.25, 0.3) is 5.69 Å². The molecule has 1 atom stereocenters. The molecule has 6 nitrogen and oxygen atoms in total. The van der Waals surface area contributed by atoms with Gasteiger partial charge >= 0.3 is 0 Å². The molecule has 0 amide bonds. The van der Waals surface area contributed by atoms with E-state index in [0.29, 0.717) is 13.2 Å². The van der Waals surface area contributed by atoms with Gasteiger partial charge < -0.3 is 15.8 Å². The summed E-state index contributed by atoms with van der Waals surface area (Å²) in [6, 6.07) is 8.27. The zero-order chi connectivity index (χ0) is 14.2. The minimum atomic E-state index is 0.275. The molecular weight excluding hydrogens is 254 g/mol. The Morgan fingerprint density at radius 3 is 2.55 bits per heavy atom. The Morgan fingerprint density at radius 2 is 1.95 bits per heavy atom. The monoisotopic (exact) mass is 275 g/mol. The number of ether oxygens (including phenoxy) is 1. The molecule has 0 spiro atoms. The lowest BCUT2D eigenvalue weighted by atomic mass is 10.1. The van der Waals surface area contributed by atoms with Gasteiger partial charge in [-0.25, -0.2) is 0 Å². The van der Waals surface area contributed by atoms with Gasteiger partial charge in [0, 0.05) is 18.8 Å². The molecule has 1 aromatic heterocycles. The number of benzene rings is 1. The smallest absolute Gasteiger partial charge is 0.0858 e. The van der Waals surface area contributed by atoms with E-state index in [-0.39, 0.29) is 6.04 Å². The fourth-order valence-corrected chi connectivity index (χ4v) is 2.04. The van der Waals surface area contributed by atoms with Crippen LogP contribution in [-0.2, 0) is 4.74 Å². The van der Waals surface area contributed by atoms with Crippen molar-refractivity contribution in [2.45, 2.75) is 18.9 Å². The molecule has 6 heteroatoms. The van der Waals surface area contributed by atoms with Crippen molar-refractivity contribution in [3.63, 3.8) is 0 Å². The summed E-state index contributed by atoms with van der Waals surface area (Å²) in [6.07, 6.45) is 5.30. The number of hydrogen-bond acceptors (Lipinski definition) is 5. The highest BCUT2D eigenvalue weighted by molar-refractivity contribution is 5.48. The number of anilines is 1. The summed E-state index contributed by atoms with van der Waals surface area (Å²) in [5.41, 5.74) is 7.55. The van der Waals surface area contributed by atoms with Crippen molar-refractivity contribution >= 4 is 5.69 Å². The summed E-state index contributed by atoms with van der Waals surface area (Å²) >= 11 is 0. The van der Waals surface area contributed by atoms with Crippen LogP contribution in [0.5, 0.6) is 0 Å². The molecule has 1 aromatic carbocycles. The predicted octanol–water partition coefficient (Wildman–Crippen LogP) is 1.43. The summed E-state index contributed by atoms with van der Waals surface area (Å²) in [7, 11) is 1.71. The molecule has 20 heavy (non-hydrogen) atoms. The van der Waals surface area contributed by atoms with Gasteiger partial charge in [0.15, 0.2) is 0 Å². The molecule has 0 bridgehead atoms. The Bertz CT molecular complexity index is 483. The van der Waals surface area contributed by atoms with Crippen molar-refractivity contribution < 1.29 is 4.74 Å². The Kier molecular flexibility index (Phi) is 5.52. The van der Waals surface area contributed by atoms with E-state index in [1.54, 1.807) is 24.3 Å². The topological polar surface area (TPSA) is 78.0 Å². The van der Waals surface area contributed by atoms with E-state index >= 15 is 0 Å². The third-order valence-corrected chi connectivity index (χ3v) is 3.01. The standard InChI is InChI=1S/C14H21N5O/c1-20-11-13(3-2-8-15)18-12-4-6-14(7-5-12)19-16-9-10-17-19/h4-7,9-10,13,18H,2-3,8,11,15H2,1H3. The minimum Gasteiger partial charge on any atom is -0.383 e. The number of hydrogen-bond donors (Lipinski definition) is 2. The van der Waals surface area contributed by atoms with E-state index in [0.717, 1.165) is 24.2 Å².